The maximum Gasteiger partial charge on any atom is 0.243 e. The second-order valence-electron chi connectivity index (χ2n) is 5.19. The van der Waals surface area contributed by atoms with Gasteiger partial charge in [0.05, 0.1) is 5.69 Å². The summed E-state index contributed by atoms with van der Waals surface area (Å²) in [5.41, 5.74) is 2.03. The molecular weight excluding hydrogens is 348 g/mol. The predicted octanol–water partition coefficient (Wildman–Crippen LogP) is 2.90. The average Bonchev–Trinajstić information content (AvgIpc) is 2.63. The van der Waals surface area contributed by atoms with Crippen LogP contribution in [0.2, 0.25) is 0 Å². The molecule has 0 saturated carbocycles. The summed E-state index contributed by atoms with van der Waals surface area (Å²) in [6, 6.07) is 9.19. The van der Waals surface area contributed by atoms with E-state index < -0.39 is 26.6 Å². The van der Waals surface area contributed by atoms with Gasteiger partial charge in [-0.2, -0.15) is 0 Å². The van der Waals surface area contributed by atoms with Crippen molar-refractivity contribution in [3.63, 3.8) is 0 Å². The topological polar surface area (TPSA) is 72.0 Å². The van der Waals surface area contributed by atoms with Gasteiger partial charge in [-0.3, -0.25) is 9.97 Å². The fourth-order valence-electron chi connectivity index (χ4n) is 2.20. The van der Waals surface area contributed by atoms with Crippen molar-refractivity contribution in [1.29, 1.82) is 0 Å². The summed E-state index contributed by atoms with van der Waals surface area (Å²) in [6.45, 7) is -0.0892. The highest BCUT2D eigenvalue weighted by Crippen LogP contribution is 2.18. The summed E-state index contributed by atoms with van der Waals surface area (Å²) < 4.78 is 53.5. The van der Waals surface area contributed by atoms with E-state index in [4.69, 9.17) is 0 Å². The first-order valence-electron chi connectivity index (χ1n) is 7.26. The summed E-state index contributed by atoms with van der Waals surface area (Å²) in [5, 5.41) is 0. The number of hydrogen-bond acceptors (Lipinski definition) is 4. The number of nitrogens with zero attached hydrogens (tertiary/aromatic N) is 2. The minimum Gasteiger partial charge on any atom is -0.264 e. The number of sulfonamides is 1. The molecule has 0 fully saturated rings. The Bertz CT molecular complexity index is 996. The highest BCUT2D eigenvalue weighted by Gasteiger charge is 2.19. The standard InChI is InChI=1S/C17H13F2N3O2S/c18-14-3-4-15(19)17(9-14)25(23,24)22-10-12-5-7-21-16(8-12)13-2-1-6-20-11-13/h1-9,11,22H,10H2. The summed E-state index contributed by atoms with van der Waals surface area (Å²) in [4.78, 5) is 7.49. The molecule has 0 aliphatic rings. The van der Waals surface area contributed by atoms with Crippen LogP contribution in [-0.2, 0) is 16.6 Å². The van der Waals surface area contributed by atoms with Crippen molar-refractivity contribution in [1.82, 2.24) is 14.7 Å². The Kier molecular flexibility index (Phi) is 4.82. The fourth-order valence-corrected chi connectivity index (χ4v) is 3.30. The lowest BCUT2D eigenvalue weighted by Crippen LogP contribution is -2.24. The molecule has 0 atom stereocenters. The number of benzene rings is 1. The molecule has 0 bridgehead atoms. The first-order chi connectivity index (χ1) is 12.0. The maximum absolute atomic E-state index is 13.7. The highest BCUT2D eigenvalue weighted by molar-refractivity contribution is 7.89. The number of pyridine rings is 2. The van der Waals surface area contributed by atoms with Crippen molar-refractivity contribution in [2.24, 2.45) is 0 Å². The number of aromatic nitrogens is 2. The van der Waals surface area contributed by atoms with Gasteiger partial charge in [0.15, 0.2) is 0 Å². The lowest BCUT2D eigenvalue weighted by Gasteiger charge is -2.09. The van der Waals surface area contributed by atoms with Gasteiger partial charge in [0.25, 0.3) is 0 Å². The minimum absolute atomic E-state index is 0.0892. The first-order valence-corrected chi connectivity index (χ1v) is 8.74. The molecule has 128 valence electrons. The molecule has 0 radical (unpaired) electrons. The van der Waals surface area contributed by atoms with E-state index in [1.54, 1.807) is 30.6 Å². The van der Waals surface area contributed by atoms with Gasteiger partial charge in [0, 0.05) is 30.7 Å². The van der Waals surface area contributed by atoms with E-state index in [9.17, 15) is 17.2 Å². The summed E-state index contributed by atoms with van der Waals surface area (Å²) >= 11 is 0. The summed E-state index contributed by atoms with van der Waals surface area (Å²) in [6.07, 6.45) is 4.81. The zero-order chi connectivity index (χ0) is 17.9. The van der Waals surface area contributed by atoms with Crippen molar-refractivity contribution >= 4 is 10.0 Å². The van der Waals surface area contributed by atoms with Crippen LogP contribution in [0.15, 0.2) is 66.0 Å². The molecular formula is C17H13F2N3O2S. The van der Waals surface area contributed by atoms with Gasteiger partial charge in [0.2, 0.25) is 10.0 Å². The van der Waals surface area contributed by atoms with Gasteiger partial charge < -0.3 is 0 Å². The normalized spacial score (nSPS) is 11.4. The Balaban J connectivity index is 1.81. The van der Waals surface area contributed by atoms with Crippen molar-refractivity contribution in [3.8, 4) is 11.3 Å². The third kappa shape index (κ3) is 4.04. The van der Waals surface area contributed by atoms with Crippen LogP contribution >= 0.6 is 0 Å². The fraction of sp³-hybridized carbons (Fsp3) is 0.0588. The number of halogens is 2. The molecule has 0 amide bonds. The van der Waals surface area contributed by atoms with Crippen LogP contribution in [0, 0.1) is 11.6 Å². The number of rotatable bonds is 5. The molecule has 1 N–H and O–H groups in total. The molecule has 0 unspecified atom stereocenters. The van der Waals surface area contributed by atoms with Gasteiger partial charge in [-0.05, 0) is 48.0 Å². The molecule has 0 aliphatic carbocycles. The van der Waals surface area contributed by atoms with E-state index in [1.807, 2.05) is 6.07 Å². The van der Waals surface area contributed by atoms with Gasteiger partial charge >= 0.3 is 0 Å². The van der Waals surface area contributed by atoms with E-state index in [0.29, 0.717) is 17.3 Å². The Hall–Kier alpha value is -2.71. The smallest absolute Gasteiger partial charge is 0.243 e. The lowest BCUT2D eigenvalue weighted by molar-refractivity contribution is 0.545. The van der Waals surface area contributed by atoms with Crippen molar-refractivity contribution < 1.29 is 17.2 Å². The van der Waals surface area contributed by atoms with Gasteiger partial charge in [0.1, 0.15) is 16.5 Å². The molecule has 0 spiro atoms. The van der Waals surface area contributed by atoms with Crippen molar-refractivity contribution in [2.45, 2.75) is 11.4 Å². The average molecular weight is 361 g/mol. The van der Waals surface area contributed by atoms with Gasteiger partial charge in [-0.15, -0.1) is 0 Å². The van der Waals surface area contributed by atoms with Crippen LogP contribution in [0.5, 0.6) is 0 Å². The third-order valence-electron chi connectivity index (χ3n) is 3.43. The van der Waals surface area contributed by atoms with Gasteiger partial charge in [-0.1, -0.05) is 0 Å². The van der Waals surface area contributed by atoms with Crippen LogP contribution in [0.3, 0.4) is 0 Å². The van der Waals surface area contributed by atoms with Crippen LogP contribution in [0.1, 0.15) is 5.56 Å². The van der Waals surface area contributed by atoms with E-state index in [-0.39, 0.29) is 6.54 Å². The Morgan fingerprint density at radius 2 is 1.88 bits per heavy atom. The first kappa shape index (κ1) is 17.1. The van der Waals surface area contributed by atoms with Gasteiger partial charge in [-0.25, -0.2) is 21.9 Å². The zero-order valence-electron chi connectivity index (χ0n) is 12.9. The van der Waals surface area contributed by atoms with E-state index in [2.05, 4.69) is 14.7 Å². The molecule has 2 heterocycles. The largest absolute Gasteiger partial charge is 0.264 e. The van der Waals surface area contributed by atoms with Crippen LogP contribution in [0.25, 0.3) is 11.3 Å². The molecule has 0 aliphatic heterocycles. The molecule has 1 aromatic carbocycles. The zero-order valence-corrected chi connectivity index (χ0v) is 13.7. The predicted molar refractivity (Wildman–Crippen MR) is 87.9 cm³/mol. The SMILES string of the molecule is O=S(=O)(NCc1ccnc(-c2cccnc2)c1)c1cc(F)ccc1F. The Labute approximate surface area is 143 Å². The van der Waals surface area contributed by atoms with Crippen molar-refractivity contribution in [3.05, 3.63) is 78.3 Å². The monoisotopic (exact) mass is 361 g/mol. The van der Waals surface area contributed by atoms with Crippen LogP contribution < -0.4 is 4.72 Å². The molecule has 5 nitrogen and oxygen atoms in total. The molecule has 3 rings (SSSR count). The number of hydrogen-bond donors (Lipinski definition) is 1. The van der Waals surface area contributed by atoms with E-state index in [1.165, 1.54) is 6.20 Å². The van der Waals surface area contributed by atoms with Crippen molar-refractivity contribution in [2.75, 3.05) is 0 Å². The van der Waals surface area contributed by atoms with Crippen LogP contribution in [0.4, 0.5) is 8.78 Å². The Morgan fingerprint density at radius 1 is 1.04 bits per heavy atom. The second kappa shape index (κ2) is 7.04. The van der Waals surface area contributed by atoms with Crippen LogP contribution in [-0.4, -0.2) is 18.4 Å². The molecule has 3 aromatic rings. The highest BCUT2D eigenvalue weighted by atomic mass is 32.2. The summed E-state index contributed by atoms with van der Waals surface area (Å²) in [5.74, 6) is -1.84. The number of nitrogens with one attached hydrogen (secondary N) is 1. The summed E-state index contributed by atoms with van der Waals surface area (Å²) in [7, 11) is -4.19. The minimum atomic E-state index is -4.19. The maximum atomic E-state index is 13.7. The molecule has 0 saturated heterocycles. The molecule has 8 heteroatoms. The quantitative estimate of drug-likeness (QED) is 0.758. The van der Waals surface area contributed by atoms with E-state index in [0.717, 1.165) is 17.7 Å². The van der Waals surface area contributed by atoms with E-state index >= 15 is 0 Å². The molecule has 25 heavy (non-hydrogen) atoms. The second-order valence-corrected chi connectivity index (χ2v) is 6.93. The third-order valence-corrected chi connectivity index (χ3v) is 4.85. The Morgan fingerprint density at radius 3 is 2.64 bits per heavy atom. The molecule has 2 aromatic heterocycles. The lowest BCUT2D eigenvalue weighted by atomic mass is 10.1.